The van der Waals surface area contributed by atoms with Crippen molar-refractivity contribution in [1.29, 1.82) is 0 Å². The zero-order valence-corrected chi connectivity index (χ0v) is 16.8. The predicted molar refractivity (Wildman–Crippen MR) is 108 cm³/mol. The number of esters is 1. The summed E-state index contributed by atoms with van der Waals surface area (Å²) in [5.74, 6) is 0.872. The summed E-state index contributed by atoms with van der Waals surface area (Å²) in [6.07, 6.45) is 4.27. The molecule has 1 aliphatic carbocycles. The second-order valence-corrected chi connectivity index (χ2v) is 7.97. The molecule has 6 nitrogen and oxygen atoms in total. The first-order valence-corrected chi connectivity index (χ1v) is 10.4. The van der Waals surface area contributed by atoms with Crippen molar-refractivity contribution in [3.05, 3.63) is 57.8 Å². The van der Waals surface area contributed by atoms with Gasteiger partial charge in [0, 0.05) is 11.6 Å². The topological polar surface area (TPSA) is 74.3 Å². The monoisotopic (exact) mass is 398 g/mol. The molecule has 0 atom stereocenters. The summed E-state index contributed by atoms with van der Waals surface area (Å²) in [7, 11) is 1.33. The third-order valence-corrected chi connectivity index (χ3v) is 6.12. The molecule has 1 aromatic carbocycles. The Balaban J connectivity index is 1.69. The quantitative estimate of drug-likeness (QED) is 0.358. The molecule has 0 aliphatic heterocycles. The van der Waals surface area contributed by atoms with Gasteiger partial charge in [0.2, 0.25) is 5.76 Å². The lowest BCUT2D eigenvalue weighted by atomic mass is 10.2. The standard InChI is InChI=1S/C21H22N2O4S/c1-13-11-15(27-18(13)20(25)26-2)12-28-21-22-17-10-6-5-9-16(17)19(24)23(21)14-7-3-4-8-14/h5-6,9-11,14H,3-4,7-8,12H2,1-2H3. The van der Waals surface area contributed by atoms with Crippen LogP contribution in [0.2, 0.25) is 0 Å². The van der Waals surface area contributed by atoms with Crippen LogP contribution >= 0.6 is 11.8 Å². The van der Waals surface area contributed by atoms with E-state index in [0.29, 0.717) is 27.6 Å². The van der Waals surface area contributed by atoms with E-state index in [9.17, 15) is 9.59 Å². The molecule has 1 aliphatic rings. The number of methoxy groups -OCH3 is 1. The molecule has 3 aromatic rings. The van der Waals surface area contributed by atoms with Crippen LogP contribution in [0.15, 0.2) is 44.7 Å². The van der Waals surface area contributed by atoms with Crippen molar-refractivity contribution in [3.63, 3.8) is 0 Å². The van der Waals surface area contributed by atoms with Gasteiger partial charge in [-0.25, -0.2) is 9.78 Å². The highest BCUT2D eigenvalue weighted by atomic mass is 32.2. The molecule has 1 fully saturated rings. The van der Waals surface area contributed by atoms with Gasteiger partial charge in [-0.1, -0.05) is 36.7 Å². The molecule has 0 bridgehead atoms. The molecule has 1 saturated carbocycles. The molecule has 4 rings (SSSR count). The molecule has 0 saturated heterocycles. The maximum atomic E-state index is 13.2. The molecular weight excluding hydrogens is 376 g/mol. The number of furan rings is 1. The highest BCUT2D eigenvalue weighted by molar-refractivity contribution is 7.98. The minimum atomic E-state index is -0.486. The number of para-hydroxylation sites is 1. The average Bonchev–Trinajstić information content (AvgIpc) is 3.35. The van der Waals surface area contributed by atoms with Crippen LogP contribution in [0.1, 0.15) is 53.6 Å². The first-order valence-electron chi connectivity index (χ1n) is 9.40. The summed E-state index contributed by atoms with van der Waals surface area (Å²) in [6, 6.07) is 9.49. The van der Waals surface area contributed by atoms with Crippen molar-refractivity contribution >= 4 is 28.6 Å². The number of benzene rings is 1. The van der Waals surface area contributed by atoms with Crippen LogP contribution in [0.4, 0.5) is 0 Å². The molecule has 2 aromatic heterocycles. The molecule has 0 radical (unpaired) electrons. The van der Waals surface area contributed by atoms with Gasteiger partial charge in [-0.3, -0.25) is 9.36 Å². The van der Waals surface area contributed by atoms with Gasteiger partial charge in [0.1, 0.15) is 5.76 Å². The van der Waals surface area contributed by atoms with Gasteiger partial charge in [0.05, 0.1) is 23.8 Å². The normalized spacial score (nSPS) is 14.6. The Kier molecular flexibility index (Phi) is 5.26. The van der Waals surface area contributed by atoms with Crippen LogP contribution in [-0.4, -0.2) is 22.6 Å². The van der Waals surface area contributed by atoms with E-state index in [4.69, 9.17) is 14.1 Å². The summed E-state index contributed by atoms with van der Waals surface area (Å²) in [4.78, 5) is 29.7. The Morgan fingerprint density at radius 2 is 2.07 bits per heavy atom. The molecule has 146 valence electrons. The lowest BCUT2D eigenvalue weighted by Crippen LogP contribution is -2.26. The summed E-state index contributed by atoms with van der Waals surface area (Å²) >= 11 is 1.46. The maximum absolute atomic E-state index is 13.2. The van der Waals surface area contributed by atoms with Crippen LogP contribution in [0.5, 0.6) is 0 Å². The fourth-order valence-electron chi connectivity index (χ4n) is 3.76. The molecule has 0 unspecified atom stereocenters. The van der Waals surface area contributed by atoms with Gasteiger partial charge in [-0.05, 0) is 38.0 Å². The van der Waals surface area contributed by atoms with Gasteiger partial charge in [-0.15, -0.1) is 0 Å². The fraction of sp³-hybridized carbons (Fsp3) is 0.381. The minimum Gasteiger partial charge on any atom is -0.463 e. The second-order valence-electron chi connectivity index (χ2n) is 7.03. The zero-order valence-electron chi connectivity index (χ0n) is 15.9. The van der Waals surface area contributed by atoms with Gasteiger partial charge in [0.25, 0.3) is 5.56 Å². The highest BCUT2D eigenvalue weighted by Crippen LogP contribution is 2.33. The summed E-state index contributed by atoms with van der Waals surface area (Å²) < 4.78 is 12.3. The molecular formula is C21H22N2O4S. The summed E-state index contributed by atoms with van der Waals surface area (Å²) in [5, 5.41) is 1.35. The Labute approximate surface area is 166 Å². The second kappa shape index (κ2) is 7.83. The highest BCUT2D eigenvalue weighted by Gasteiger charge is 2.23. The molecule has 0 amide bonds. The number of rotatable bonds is 5. The first-order chi connectivity index (χ1) is 13.6. The van der Waals surface area contributed by atoms with Gasteiger partial charge >= 0.3 is 5.97 Å². The van der Waals surface area contributed by atoms with Crippen LogP contribution in [0.3, 0.4) is 0 Å². The fourth-order valence-corrected chi connectivity index (χ4v) is 4.71. The molecule has 7 heteroatoms. The van der Waals surface area contributed by atoms with E-state index < -0.39 is 5.97 Å². The number of aromatic nitrogens is 2. The van der Waals surface area contributed by atoms with Crippen LogP contribution in [0, 0.1) is 6.92 Å². The van der Waals surface area contributed by atoms with E-state index >= 15 is 0 Å². The summed E-state index contributed by atoms with van der Waals surface area (Å²) in [5.41, 5.74) is 1.46. The number of aryl methyl sites for hydroxylation is 1. The third-order valence-electron chi connectivity index (χ3n) is 5.15. The van der Waals surface area contributed by atoms with Crippen molar-refractivity contribution in [2.45, 2.75) is 49.6 Å². The van der Waals surface area contributed by atoms with Crippen LogP contribution < -0.4 is 5.56 Å². The average molecular weight is 398 g/mol. The van der Waals surface area contributed by atoms with Crippen molar-refractivity contribution in [3.8, 4) is 0 Å². The number of hydrogen-bond donors (Lipinski definition) is 0. The van der Waals surface area contributed by atoms with Crippen molar-refractivity contribution in [2.75, 3.05) is 7.11 Å². The zero-order chi connectivity index (χ0) is 19.7. The van der Waals surface area contributed by atoms with Crippen molar-refractivity contribution in [1.82, 2.24) is 9.55 Å². The number of fused-ring (bicyclic) bond motifs is 1. The first kappa shape index (κ1) is 18.8. The van der Waals surface area contributed by atoms with Crippen LogP contribution in [-0.2, 0) is 10.5 Å². The van der Waals surface area contributed by atoms with E-state index in [-0.39, 0.29) is 17.4 Å². The SMILES string of the molecule is COC(=O)c1oc(CSc2nc3ccccc3c(=O)n2C2CCCC2)cc1C. The van der Waals surface area contributed by atoms with Gasteiger partial charge < -0.3 is 9.15 Å². The third kappa shape index (κ3) is 3.46. The van der Waals surface area contributed by atoms with Crippen LogP contribution in [0.25, 0.3) is 10.9 Å². The molecule has 0 N–H and O–H groups in total. The van der Waals surface area contributed by atoms with E-state index in [2.05, 4.69) is 0 Å². The Morgan fingerprint density at radius 1 is 1.32 bits per heavy atom. The predicted octanol–water partition coefficient (Wildman–Crippen LogP) is 4.49. The lowest BCUT2D eigenvalue weighted by molar-refractivity contribution is 0.0562. The number of carbonyl (C=O) groups excluding carboxylic acids is 1. The number of nitrogens with zero attached hydrogens (tertiary/aromatic N) is 2. The lowest BCUT2D eigenvalue weighted by Gasteiger charge is -2.18. The van der Waals surface area contributed by atoms with Crippen molar-refractivity contribution < 1.29 is 13.9 Å². The smallest absolute Gasteiger partial charge is 0.374 e. The van der Waals surface area contributed by atoms with E-state index in [1.807, 2.05) is 41.8 Å². The minimum absolute atomic E-state index is 0.0193. The number of carbonyl (C=O) groups is 1. The Bertz CT molecular complexity index is 1080. The molecule has 28 heavy (non-hydrogen) atoms. The number of ether oxygens (including phenoxy) is 1. The molecule has 0 spiro atoms. The Hall–Kier alpha value is -2.54. The van der Waals surface area contributed by atoms with Gasteiger partial charge in [0.15, 0.2) is 5.16 Å². The molecule has 2 heterocycles. The largest absolute Gasteiger partial charge is 0.463 e. The Morgan fingerprint density at radius 3 is 2.82 bits per heavy atom. The number of hydrogen-bond acceptors (Lipinski definition) is 6. The number of thioether (sulfide) groups is 1. The van der Waals surface area contributed by atoms with E-state index in [1.165, 1.54) is 18.9 Å². The van der Waals surface area contributed by atoms with E-state index in [1.54, 1.807) is 0 Å². The summed E-state index contributed by atoms with van der Waals surface area (Å²) in [6.45, 7) is 1.81. The van der Waals surface area contributed by atoms with Gasteiger partial charge in [-0.2, -0.15) is 0 Å². The maximum Gasteiger partial charge on any atom is 0.374 e. The van der Waals surface area contributed by atoms with E-state index in [0.717, 1.165) is 31.2 Å². The van der Waals surface area contributed by atoms with Crippen molar-refractivity contribution in [2.24, 2.45) is 0 Å².